The van der Waals surface area contributed by atoms with Crippen LogP contribution in [0.15, 0.2) is 54.6 Å². The lowest BCUT2D eigenvalue weighted by Crippen LogP contribution is -2.21. The average molecular weight is 224 g/mol. The van der Waals surface area contributed by atoms with Crippen LogP contribution in [-0.4, -0.2) is 5.11 Å². The summed E-state index contributed by atoms with van der Waals surface area (Å²) < 4.78 is 0. The molecule has 1 saturated carbocycles. The van der Waals surface area contributed by atoms with Crippen molar-refractivity contribution in [3.8, 4) is 5.75 Å². The molecule has 2 aromatic rings. The van der Waals surface area contributed by atoms with Gasteiger partial charge in [-0.1, -0.05) is 48.5 Å². The highest BCUT2D eigenvalue weighted by Crippen LogP contribution is 2.50. The lowest BCUT2D eigenvalue weighted by atomic mass is 9.67. The second-order valence-corrected chi connectivity index (χ2v) is 4.76. The predicted octanol–water partition coefficient (Wildman–Crippen LogP) is 4.05. The van der Waals surface area contributed by atoms with Gasteiger partial charge < -0.3 is 5.11 Å². The Morgan fingerprint density at radius 3 is 2.06 bits per heavy atom. The smallest absolute Gasteiger partial charge is 0.119 e. The quantitative estimate of drug-likeness (QED) is 0.815. The number of benzene rings is 2. The normalized spacial score (nSPS) is 23.1. The van der Waals surface area contributed by atoms with Gasteiger partial charge in [0, 0.05) is 0 Å². The van der Waals surface area contributed by atoms with Gasteiger partial charge in [-0.05, 0) is 41.9 Å². The fourth-order valence-electron chi connectivity index (χ4n) is 2.77. The second kappa shape index (κ2) is 4.25. The largest absolute Gasteiger partial charge is 0.508 e. The van der Waals surface area contributed by atoms with E-state index in [0.717, 1.165) is 5.56 Å². The SMILES string of the molecule is Oc1ccccc1C1CCC1c1ccccc1. The molecule has 0 aromatic heterocycles. The fourth-order valence-corrected chi connectivity index (χ4v) is 2.77. The van der Waals surface area contributed by atoms with Crippen LogP contribution in [0.1, 0.15) is 35.8 Å². The van der Waals surface area contributed by atoms with Gasteiger partial charge in [-0.2, -0.15) is 0 Å². The molecule has 1 aliphatic carbocycles. The first kappa shape index (κ1) is 10.4. The maximum Gasteiger partial charge on any atom is 0.119 e. The molecule has 2 aromatic carbocycles. The maximum atomic E-state index is 9.91. The summed E-state index contributed by atoms with van der Waals surface area (Å²) in [7, 11) is 0. The zero-order valence-corrected chi connectivity index (χ0v) is 9.71. The molecule has 1 fully saturated rings. The number of aromatic hydroxyl groups is 1. The molecule has 0 aliphatic heterocycles. The van der Waals surface area contributed by atoms with E-state index in [1.54, 1.807) is 6.07 Å². The van der Waals surface area contributed by atoms with E-state index >= 15 is 0 Å². The standard InChI is InChI=1S/C16H16O/c17-16-9-5-4-8-15(16)14-11-10-13(14)12-6-2-1-3-7-12/h1-9,13-14,17H,10-11H2. The number of hydrogen-bond donors (Lipinski definition) is 1. The van der Waals surface area contributed by atoms with E-state index in [1.807, 2.05) is 12.1 Å². The molecule has 3 rings (SSSR count). The Bertz CT molecular complexity index is 504. The van der Waals surface area contributed by atoms with Gasteiger partial charge in [0.05, 0.1) is 0 Å². The van der Waals surface area contributed by atoms with Crippen molar-refractivity contribution in [2.75, 3.05) is 0 Å². The summed E-state index contributed by atoms with van der Waals surface area (Å²) in [6, 6.07) is 18.4. The van der Waals surface area contributed by atoms with Crippen molar-refractivity contribution in [1.29, 1.82) is 0 Å². The summed E-state index contributed by atoms with van der Waals surface area (Å²) in [5.41, 5.74) is 2.50. The molecular weight excluding hydrogens is 208 g/mol. The molecule has 0 heterocycles. The second-order valence-electron chi connectivity index (χ2n) is 4.76. The van der Waals surface area contributed by atoms with E-state index in [1.165, 1.54) is 18.4 Å². The molecule has 0 amide bonds. The van der Waals surface area contributed by atoms with Gasteiger partial charge in [-0.25, -0.2) is 0 Å². The third-order valence-electron chi connectivity index (χ3n) is 3.84. The van der Waals surface area contributed by atoms with Crippen LogP contribution < -0.4 is 0 Å². The first-order valence-corrected chi connectivity index (χ1v) is 6.19. The Morgan fingerprint density at radius 1 is 0.765 bits per heavy atom. The summed E-state index contributed by atoms with van der Waals surface area (Å²) in [5.74, 6) is 1.50. The lowest BCUT2D eigenvalue weighted by Gasteiger charge is -2.37. The van der Waals surface area contributed by atoms with Crippen LogP contribution in [0.2, 0.25) is 0 Å². The first-order chi connectivity index (χ1) is 8.36. The molecule has 2 atom stereocenters. The Labute approximate surface area is 102 Å². The van der Waals surface area contributed by atoms with Crippen molar-refractivity contribution in [2.24, 2.45) is 0 Å². The van der Waals surface area contributed by atoms with E-state index in [4.69, 9.17) is 0 Å². The first-order valence-electron chi connectivity index (χ1n) is 6.19. The predicted molar refractivity (Wildman–Crippen MR) is 69.3 cm³/mol. The topological polar surface area (TPSA) is 20.2 Å². The van der Waals surface area contributed by atoms with E-state index in [2.05, 4.69) is 36.4 Å². The fraction of sp³-hybridized carbons (Fsp3) is 0.250. The summed E-state index contributed by atoms with van der Waals surface area (Å²) in [4.78, 5) is 0. The third kappa shape index (κ3) is 1.82. The van der Waals surface area contributed by atoms with Gasteiger partial charge in [0.2, 0.25) is 0 Å². The van der Waals surface area contributed by atoms with Crippen LogP contribution in [0.25, 0.3) is 0 Å². The number of rotatable bonds is 2. The third-order valence-corrected chi connectivity index (χ3v) is 3.84. The van der Waals surface area contributed by atoms with Gasteiger partial charge in [0.25, 0.3) is 0 Å². The molecule has 1 heteroatoms. The lowest BCUT2D eigenvalue weighted by molar-refractivity contribution is 0.334. The Kier molecular flexibility index (Phi) is 2.60. The average Bonchev–Trinajstić information content (AvgIpc) is 2.32. The zero-order valence-electron chi connectivity index (χ0n) is 9.71. The highest BCUT2D eigenvalue weighted by Gasteiger charge is 2.34. The van der Waals surface area contributed by atoms with Crippen molar-refractivity contribution >= 4 is 0 Å². The molecule has 0 saturated heterocycles. The number of phenolic OH excluding ortho intramolecular Hbond substituents is 1. The van der Waals surface area contributed by atoms with Crippen LogP contribution in [0.3, 0.4) is 0 Å². The number of hydrogen-bond acceptors (Lipinski definition) is 1. The van der Waals surface area contributed by atoms with Crippen molar-refractivity contribution in [3.63, 3.8) is 0 Å². The van der Waals surface area contributed by atoms with E-state index in [0.29, 0.717) is 17.6 Å². The Balaban J connectivity index is 1.89. The van der Waals surface area contributed by atoms with E-state index in [9.17, 15) is 5.11 Å². The summed E-state index contributed by atoms with van der Waals surface area (Å²) in [5, 5.41) is 9.91. The van der Waals surface area contributed by atoms with Gasteiger partial charge in [-0.3, -0.25) is 0 Å². The van der Waals surface area contributed by atoms with E-state index in [-0.39, 0.29) is 0 Å². The molecule has 86 valence electrons. The number of para-hydroxylation sites is 1. The van der Waals surface area contributed by atoms with Gasteiger partial charge in [0.15, 0.2) is 0 Å². The molecule has 0 spiro atoms. The van der Waals surface area contributed by atoms with Crippen LogP contribution in [-0.2, 0) is 0 Å². The summed E-state index contributed by atoms with van der Waals surface area (Å²) in [6.45, 7) is 0. The number of phenols is 1. The van der Waals surface area contributed by atoms with Crippen LogP contribution in [0, 0.1) is 0 Å². The Hall–Kier alpha value is -1.76. The van der Waals surface area contributed by atoms with Gasteiger partial charge >= 0.3 is 0 Å². The highest BCUT2D eigenvalue weighted by atomic mass is 16.3. The van der Waals surface area contributed by atoms with Crippen molar-refractivity contribution < 1.29 is 5.11 Å². The summed E-state index contributed by atoms with van der Waals surface area (Å²) in [6.07, 6.45) is 2.40. The van der Waals surface area contributed by atoms with E-state index < -0.39 is 0 Å². The van der Waals surface area contributed by atoms with Crippen molar-refractivity contribution in [2.45, 2.75) is 24.7 Å². The molecule has 0 radical (unpaired) electrons. The summed E-state index contributed by atoms with van der Waals surface area (Å²) >= 11 is 0. The van der Waals surface area contributed by atoms with Crippen molar-refractivity contribution in [1.82, 2.24) is 0 Å². The minimum atomic E-state index is 0.443. The highest BCUT2D eigenvalue weighted by molar-refractivity contribution is 5.40. The molecule has 1 nitrogen and oxygen atoms in total. The molecular formula is C16H16O. The maximum absolute atomic E-state index is 9.91. The minimum absolute atomic E-state index is 0.443. The molecule has 1 aliphatic rings. The molecule has 0 bridgehead atoms. The molecule has 1 N–H and O–H groups in total. The zero-order chi connectivity index (χ0) is 11.7. The van der Waals surface area contributed by atoms with Crippen LogP contribution in [0.5, 0.6) is 5.75 Å². The molecule has 17 heavy (non-hydrogen) atoms. The van der Waals surface area contributed by atoms with Crippen LogP contribution >= 0.6 is 0 Å². The monoisotopic (exact) mass is 224 g/mol. The van der Waals surface area contributed by atoms with Gasteiger partial charge in [-0.15, -0.1) is 0 Å². The minimum Gasteiger partial charge on any atom is -0.508 e. The van der Waals surface area contributed by atoms with Crippen molar-refractivity contribution in [3.05, 3.63) is 65.7 Å². The Morgan fingerprint density at radius 2 is 1.41 bits per heavy atom. The van der Waals surface area contributed by atoms with Gasteiger partial charge in [0.1, 0.15) is 5.75 Å². The van der Waals surface area contributed by atoms with Crippen LogP contribution in [0.4, 0.5) is 0 Å². The molecule has 2 unspecified atom stereocenters.